The number of aliphatic hydroxyl groups is 1. The molecule has 0 atom stereocenters. The molecule has 0 spiro atoms. The molecule has 0 unspecified atom stereocenters. The van der Waals surface area contributed by atoms with E-state index < -0.39 is 10.0 Å². The lowest BCUT2D eigenvalue weighted by atomic mass is 9.94. The molecule has 0 amide bonds. The van der Waals surface area contributed by atoms with Crippen molar-refractivity contribution in [2.45, 2.75) is 50.5 Å². The van der Waals surface area contributed by atoms with Crippen LogP contribution in [0.15, 0.2) is 41.4 Å². The first-order chi connectivity index (χ1) is 16.6. The molecule has 0 bridgehead atoms. The zero-order valence-electron chi connectivity index (χ0n) is 20.9. The zero-order chi connectivity index (χ0) is 25.2. The Morgan fingerprint density at radius 2 is 1.94 bits per heavy atom. The lowest BCUT2D eigenvalue weighted by Crippen LogP contribution is -2.26. The van der Waals surface area contributed by atoms with E-state index >= 15 is 0 Å². The lowest BCUT2D eigenvalue weighted by Gasteiger charge is -2.26. The molecule has 3 aromatic rings. The van der Waals surface area contributed by atoms with Gasteiger partial charge in [-0.1, -0.05) is 20.8 Å². The van der Waals surface area contributed by atoms with Crippen LogP contribution in [0.2, 0.25) is 0 Å². The number of ether oxygens (including phenoxy) is 1. The fraction of sp³-hybridized carbons (Fsp3) is 0.520. The lowest BCUT2D eigenvalue weighted by molar-refractivity contribution is 0.0611. The first-order valence-electron chi connectivity index (χ1n) is 12.0. The predicted molar refractivity (Wildman–Crippen MR) is 137 cm³/mol. The molecule has 4 rings (SSSR count). The third-order valence-electron chi connectivity index (χ3n) is 6.36. The molecule has 1 aromatic carbocycles. The molecule has 0 aliphatic carbocycles. The Balaban J connectivity index is 1.65. The summed E-state index contributed by atoms with van der Waals surface area (Å²) in [7, 11) is -2.27. The first-order valence-corrected chi connectivity index (χ1v) is 13.4. The number of aliphatic hydroxyl groups excluding tert-OH is 1. The number of hydrogen-bond acceptors (Lipinski definition) is 7. The number of imidazole rings is 1. The summed E-state index contributed by atoms with van der Waals surface area (Å²) in [6.45, 7) is 9.23. The van der Waals surface area contributed by atoms with Crippen molar-refractivity contribution in [3.05, 3.63) is 42.4 Å². The van der Waals surface area contributed by atoms with Crippen molar-refractivity contribution in [1.82, 2.24) is 14.5 Å². The summed E-state index contributed by atoms with van der Waals surface area (Å²) < 4.78 is 35.6. The van der Waals surface area contributed by atoms with Crippen LogP contribution in [-0.4, -0.2) is 61.5 Å². The molecule has 9 nitrogen and oxygen atoms in total. The predicted octanol–water partition coefficient (Wildman–Crippen LogP) is 3.38. The first kappa shape index (κ1) is 25.4. The molecule has 0 saturated carbocycles. The van der Waals surface area contributed by atoms with Gasteiger partial charge < -0.3 is 19.7 Å². The van der Waals surface area contributed by atoms with Gasteiger partial charge in [-0.25, -0.2) is 18.4 Å². The molecule has 2 aromatic heterocycles. The topological polar surface area (TPSA) is 110 Å². The third kappa shape index (κ3) is 5.44. The number of nitrogens with one attached hydrogen (secondary N) is 1. The summed E-state index contributed by atoms with van der Waals surface area (Å²) in [5.41, 5.74) is 2.18. The van der Waals surface area contributed by atoms with E-state index in [4.69, 9.17) is 14.8 Å². The van der Waals surface area contributed by atoms with Crippen LogP contribution in [0.1, 0.15) is 39.4 Å². The van der Waals surface area contributed by atoms with E-state index in [-0.39, 0.29) is 16.9 Å². The highest BCUT2D eigenvalue weighted by atomic mass is 32.2. The molecule has 1 aliphatic rings. The number of anilines is 2. The normalized spacial score (nSPS) is 15.5. The molecule has 35 heavy (non-hydrogen) atoms. The van der Waals surface area contributed by atoms with Crippen molar-refractivity contribution >= 4 is 32.6 Å². The maximum atomic E-state index is 13.3. The number of fused-ring (bicyclic) bond motifs is 1. The van der Waals surface area contributed by atoms with Crippen LogP contribution >= 0.6 is 0 Å². The van der Waals surface area contributed by atoms with Crippen LogP contribution in [0, 0.1) is 5.92 Å². The van der Waals surface area contributed by atoms with Crippen molar-refractivity contribution in [3.63, 3.8) is 0 Å². The van der Waals surface area contributed by atoms with E-state index in [9.17, 15) is 8.42 Å². The van der Waals surface area contributed by atoms with Crippen LogP contribution in [-0.2, 0) is 26.7 Å². The van der Waals surface area contributed by atoms with Gasteiger partial charge in [0.2, 0.25) is 0 Å². The standard InChI is InChI=1S/C25H35N5O4S/c1-25(2,3)24-28-21-15-19(5-7-22(21)30(24)17-18-9-13-34-14-10-18)29(4)35(32,33)20-6-8-23(27-16-20)26-11-12-31/h5-8,15-16,18,31H,9-14,17H2,1-4H3,(H,26,27). The molecular formula is C25H35N5O4S. The molecule has 10 heteroatoms. The van der Waals surface area contributed by atoms with Crippen molar-refractivity contribution < 1.29 is 18.3 Å². The van der Waals surface area contributed by atoms with Gasteiger partial charge in [0, 0.05) is 45.0 Å². The van der Waals surface area contributed by atoms with Crippen molar-refractivity contribution in [2.75, 3.05) is 43.0 Å². The van der Waals surface area contributed by atoms with Gasteiger partial charge in [0.15, 0.2) is 0 Å². The van der Waals surface area contributed by atoms with Gasteiger partial charge in [-0.2, -0.15) is 0 Å². The number of hydrogen-bond donors (Lipinski definition) is 2. The Bertz CT molecular complexity index is 1260. The highest BCUT2D eigenvalue weighted by Gasteiger charge is 2.27. The molecule has 3 heterocycles. The van der Waals surface area contributed by atoms with Crippen LogP contribution < -0.4 is 9.62 Å². The number of nitrogens with zero attached hydrogens (tertiary/aromatic N) is 4. The summed E-state index contributed by atoms with van der Waals surface area (Å²) >= 11 is 0. The number of sulfonamides is 1. The fourth-order valence-corrected chi connectivity index (χ4v) is 5.51. The molecule has 2 N–H and O–H groups in total. The van der Waals surface area contributed by atoms with Gasteiger partial charge in [0.05, 0.1) is 23.3 Å². The van der Waals surface area contributed by atoms with Gasteiger partial charge >= 0.3 is 0 Å². The smallest absolute Gasteiger partial charge is 0.265 e. The van der Waals surface area contributed by atoms with Gasteiger partial charge in [0.1, 0.15) is 16.5 Å². The Morgan fingerprint density at radius 3 is 2.57 bits per heavy atom. The minimum atomic E-state index is -3.81. The van der Waals surface area contributed by atoms with E-state index in [2.05, 4.69) is 35.6 Å². The van der Waals surface area contributed by atoms with Crippen LogP contribution in [0.25, 0.3) is 11.0 Å². The Hall–Kier alpha value is -2.69. The van der Waals surface area contributed by atoms with E-state index in [1.54, 1.807) is 6.07 Å². The second-order valence-electron chi connectivity index (χ2n) is 10.0. The number of pyridine rings is 1. The largest absolute Gasteiger partial charge is 0.395 e. The van der Waals surface area contributed by atoms with Crippen molar-refractivity contribution in [1.29, 1.82) is 0 Å². The molecule has 1 fully saturated rings. The summed E-state index contributed by atoms with van der Waals surface area (Å²) in [6, 6.07) is 8.75. The number of benzene rings is 1. The van der Waals surface area contributed by atoms with E-state index in [1.807, 2.05) is 18.2 Å². The monoisotopic (exact) mass is 501 g/mol. The van der Waals surface area contributed by atoms with E-state index in [0.29, 0.717) is 24.0 Å². The average molecular weight is 502 g/mol. The SMILES string of the molecule is CN(c1ccc2c(c1)nc(C(C)(C)C)n2CC1CCOCC1)S(=O)(=O)c1ccc(NCCO)nc1. The molecule has 1 saturated heterocycles. The highest BCUT2D eigenvalue weighted by molar-refractivity contribution is 7.92. The number of aromatic nitrogens is 3. The van der Waals surface area contributed by atoms with Crippen molar-refractivity contribution in [2.24, 2.45) is 5.92 Å². The van der Waals surface area contributed by atoms with Gasteiger partial charge in [-0.05, 0) is 49.1 Å². The Labute approximate surface area is 207 Å². The molecule has 190 valence electrons. The van der Waals surface area contributed by atoms with Crippen LogP contribution in [0.4, 0.5) is 11.5 Å². The second-order valence-corrected chi connectivity index (χ2v) is 12.0. The summed E-state index contributed by atoms with van der Waals surface area (Å²) in [4.78, 5) is 9.20. The minimum absolute atomic E-state index is 0.0330. The van der Waals surface area contributed by atoms with Gasteiger partial charge in [0.25, 0.3) is 10.0 Å². The molecule has 1 aliphatic heterocycles. The second kappa shape index (κ2) is 10.1. The fourth-order valence-electron chi connectivity index (χ4n) is 4.38. The maximum Gasteiger partial charge on any atom is 0.265 e. The van der Waals surface area contributed by atoms with Crippen LogP contribution in [0.3, 0.4) is 0 Å². The quantitative estimate of drug-likeness (QED) is 0.487. The summed E-state index contributed by atoms with van der Waals surface area (Å²) in [6.07, 6.45) is 3.39. The van der Waals surface area contributed by atoms with Crippen LogP contribution in [0.5, 0.6) is 0 Å². The Morgan fingerprint density at radius 1 is 1.20 bits per heavy atom. The zero-order valence-corrected chi connectivity index (χ0v) is 21.7. The van der Waals surface area contributed by atoms with E-state index in [1.165, 1.54) is 23.6 Å². The van der Waals surface area contributed by atoms with Gasteiger partial charge in [-0.3, -0.25) is 4.31 Å². The average Bonchev–Trinajstić information content (AvgIpc) is 3.21. The van der Waals surface area contributed by atoms with Gasteiger partial charge in [-0.15, -0.1) is 0 Å². The summed E-state index contributed by atoms with van der Waals surface area (Å²) in [5.74, 6) is 2.04. The van der Waals surface area contributed by atoms with Crippen molar-refractivity contribution in [3.8, 4) is 0 Å². The molecular weight excluding hydrogens is 466 g/mol. The summed E-state index contributed by atoms with van der Waals surface area (Å²) in [5, 5.41) is 11.8. The number of rotatable bonds is 8. The molecule has 0 radical (unpaired) electrons. The van der Waals surface area contributed by atoms with E-state index in [0.717, 1.165) is 49.5 Å². The minimum Gasteiger partial charge on any atom is -0.395 e. The Kier molecular flexibility index (Phi) is 7.35. The third-order valence-corrected chi connectivity index (χ3v) is 8.13. The highest BCUT2D eigenvalue weighted by Crippen LogP contribution is 2.32. The maximum absolute atomic E-state index is 13.3.